The van der Waals surface area contributed by atoms with Gasteiger partial charge in [0, 0.05) is 23.7 Å². The first-order chi connectivity index (χ1) is 12.3. The molecule has 1 N–H and O–H groups in total. The van der Waals surface area contributed by atoms with E-state index in [9.17, 15) is 8.78 Å². The summed E-state index contributed by atoms with van der Waals surface area (Å²) in [5, 5.41) is 0. The van der Waals surface area contributed by atoms with Crippen LogP contribution in [0.3, 0.4) is 0 Å². The average Bonchev–Trinajstić information content (AvgIpc) is 3.13. The van der Waals surface area contributed by atoms with Gasteiger partial charge in [-0.05, 0) is 42.0 Å². The zero-order valence-corrected chi connectivity index (χ0v) is 14.8. The van der Waals surface area contributed by atoms with Crippen LogP contribution in [-0.2, 0) is 10.3 Å². The summed E-state index contributed by atoms with van der Waals surface area (Å²) in [6, 6.07) is 14.7. The van der Waals surface area contributed by atoms with Crippen LogP contribution in [-0.4, -0.2) is 19.4 Å². The highest BCUT2D eigenvalue weighted by molar-refractivity contribution is 5.73. The predicted octanol–water partition coefficient (Wildman–Crippen LogP) is 4.29. The van der Waals surface area contributed by atoms with Gasteiger partial charge in [0.25, 0.3) is 0 Å². The molecule has 2 aliphatic heterocycles. The zero-order chi connectivity index (χ0) is 18.5. The minimum atomic E-state index is -2.83. The Bertz CT molecular complexity index is 864. The highest BCUT2D eigenvalue weighted by Gasteiger charge is 2.58. The van der Waals surface area contributed by atoms with E-state index in [2.05, 4.69) is 47.2 Å². The molecule has 0 aliphatic carbocycles. The smallest absolute Gasteiger partial charge is 0.387 e. The number of hydrogen-bond acceptors (Lipinski definition) is 4. The maximum Gasteiger partial charge on any atom is 0.387 e. The third-order valence-electron chi connectivity index (χ3n) is 5.38. The molecule has 0 aromatic heterocycles. The van der Waals surface area contributed by atoms with Gasteiger partial charge in [-0.3, -0.25) is 5.48 Å². The molecule has 2 aliphatic rings. The van der Waals surface area contributed by atoms with Gasteiger partial charge in [-0.1, -0.05) is 32.0 Å². The lowest BCUT2D eigenvalue weighted by Crippen LogP contribution is -2.54. The third-order valence-corrected chi connectivity index (χ3v) is 5.38. The molecule has 4 rings (SSSR count). The molecule has 26 heavy (non-hydrogen) atoms. The van der Waals surface area contributed by atoms with Crippen LogP contribution in [0.15, 0.2) is 54.6 Å². The predicted molar refractivity (Wildman–Crippen MR) is 95.9 cm³/mol. The molecular formula is C20H20F2N2O2. The fraction of sp³-hybridized carbons (Fsp3) is 0.300. The van der Waals surface area contributed by atoms with Gasteiger partial charge in [0.1, 0.15) is 5.75 Å². The lowest BCUT2D eigenvalue weighted by atomic mass is 9.77. The van der Waals surface area contributed by atoms with Crippen LogP contribution < -0.4 is 15.1 Å². The number of alkyl halides is 2. The summed E-state index contributed by atoms with van der Waals surface area (Å²) in [6.45, 7) is 1.47. The van der Waals surface area contributed by atoms with E-state index < -0.39 is 12.3 Å². The monoisotopic (exact) mass is 358 g/mol. The lowest BCUT2D eigenvalue weighted by molar-refractivity contribution is -0.0679. The Morgan fingerprint density at radius 1 is 1.08 bits per heavy atom. The van der Waals surface area contributed by atoms with E-state index in [1.165, 1.54) is 17.7 Å². The fourth-order valence-electron chi connectivity index (χ4n) is 3.90. The number of benzene rings is 2. The van der Waals surface area contributed by atoms with Gasteiger partial charge in [0.15, 0.2) is 5.72 Å². The Kier molecular flexibility index (Phi) is 3.70. The van der Waals surface area contributed by atoms with Crippen molar-refractivity contribution in [2.75, 3.05) is 11.9 Å². The van der Waals surface area contributed by atoms with E-state index in [-0.39, 0.29) is 11.2 Å². The first kappa shape index (κ1) is 16.8. The molecule has 2 heterocycles. The van der Waals surface area contributed by atoms with Crippen molar-refractivity contribution in [3.8, 4) is 5.75 Å². The number of anilines is 1. The normalized spacial score (nSPS) is 23.2. The van der Waals surface area contributed by atoms with Gasteiger partial charge in [0.2, 0.25) is 0 Å². The molecular weight excluding hydrogens is 338 g/mol. The van der Waals surface area contributed by atoms with Crippen LogP contribution >= 0.6 is 0 Å². The quantitative estimate of drug-likeness (QED) is 0.888. The van der Waals surface area contributed by atoms with Crippen LogP contribution in [0.25, 0.3) is 5.70 Å². The van der Waals surface area contributed by atoms with Crippen molar-refractivity contribution in [1.82, 2.24) is 5.48 Å². The molecule has 1 atom stereocenters. The fourth-order valence-corrected chi connectivity index (χ4v) is 3.90. The molecule has 136 valence electrons. The Balaban J connectivity index is 1.70. The summed E-state index contributed by atoms with van der Waals surface area (Å²) < 4.78 is 29.0. The first-order valence-electron chi connectivity index (χ1n) is 8.41. The summed E-state index contributed by atoms with van der Waals surface area (Å²) in [4.78, 5) is 8.23. The molecule has 0 unspecified atom stereocenters. The van der Waals surface area contributed by atoms with E-state index in [4.69, 9.17) is 4.84 Å². The van der Waals surface area contributed by atoms with Crippen molar-refractivity contribution < 1.29 is 18.4 Å². The maximum absolute atomic E-state index is 12.3. The minimum Gasteiger partial charge on any atom is -0.435 e. The zero-order valence-electron chi connectivity index (χ0n) is 14.8. The van der Waals surface area contributed by atoms with Gasteiger partial charge in [-0.2, -0.15) is 8.78 Å². The van der Waals surface area contributed by atoms with Crippen molar-refractivity contribution in [1.29, 1.82) is 0 Å². The number of likely N-dealkylation sites (N-methyl/N-ethyl adjacent to an activating group) is 1. The molecule has 0 saturated heterocycles. The van der Waals surface area contributed by atoms with Gasteiger partial charge in [-0.25, -0.2) is 4.84 Å². The summed E-state index contributed by atoms with van der Waals surface area (Å²) in [5.41, 5.74) is 6.02. The Labute approximate surface area is 151 Å². The Morgan fingerprint density at radius 3 is 2.42 bits per heavy atom. The van der Waals surface area contributed by atoms with Crippen LogP contribution in [0.1, 0.15) is 25.0 Å². The average molecular weight is 358 g/mol. The molecule has 4 nitrogen and oxygen atoms in total. The molecule has 0 amide bonds. The molecule has 0 fully saturated rings. The second kappa shape index (κ2) is 5.71. The number of rotatable bonds is 3. The van der Waals surface area contributed by atoms with E-state index in [1.54, 1.807) is 12.1 Å². The summed E-state index contributed by atoms with van der Waals surface area (Å²) >= 11 is 0. The minimum absolute atomic E-state index is 0.128. The molecule has 1 spiro atoms. The van der Waals surface area contributed by atoms with E-state index in [0.717, 1.165) is 16.9 Å². The maximum atomic E-state index is 12.3. The summed E-state index contributed by atoms with van der Waals surface area (Å²) in [6.07, 6.45) is 2.05. The molecule has 2 aromatic rings. The second-order valence-corrected chi connectivity index (χ2v) is 7.06. The van der Waals surface area contributed by atoms with Crippen molar-refractivity contribution in [3.63, 3.8) is 0 Å². The number of hydrogen-bond donors (Lipinski definition) is 1. The second-order valence-electron chi connectivity index (χ2n) is 7.06. The molecule has 0 radical (unpaired) electrons. The molecule has 2 aromatic carbocycles. The van der Waals surface area contributed by atoms with Gasteiger partial charge < -0.3 is 9.64 Å². The van der Waals surface area contributed by atoms with E-state index in [0.29, 0.717) is 0 Å². The first-order valence-corrected chi connectivity index (χ1v) is 8.41. The number of halogens is 2. The van der Waals surface area contributed by atoms with Crippen molar-refractivity contribution in [2.45, 2.75) is 31.6 Å². The summed E-state index contributed by atoms with van der Waals surface area (Å²) in [7, 11) is 2.01. The molecule has 0 saturated carbocycles. The number of fused-ring (bicyclic) bond motifs is 1. The number of nitrogens with zero attached hydrogens (tertiary/aromatic N) is 1. The number of hydroxylamine groups is 1. The number of ether oxygens (including phenoxy) is 1. The largest absolute Gasteiger partial charge is 0.435 e. The standard InChI is InChI=1S/C20H20F2N2O2/c1-19(2)15-6-4-5-7-17(15)24(3)20(19)12-16(23-26-20)13-8-10-14(11-9-13)25-18(21)22/h4-12,18,23H,1-3H3/t20-/m1/s1. The Morgan fingerprint density at radius 2 is 1.77 bits per heavy atom. The number of nitrogens with one attached hydrogen (secondary N) is 1. The van der Waals surface area contributed by atoms with Crippen molar-refractivity contribution in [2.24, 2.45) is 0 Å². The van der Waals surface area contributed by atoms with Crippen molar-refractivity contribution >= 4 is 11.4 Å². The molecule has 6 heteroatoms. The third kappa shape index (κ3) is 2.29. The van der Waals surface area contributed by atoms with Gasteiger partial charge >= 0.3 is 6.61 Å². The van der Waals surface area contributed by atoms with Gasteiger partial charge in [0.05, 0.1) is 5.70 Å². The van der Waals surface area contributed by atoms with Crippen molar-refractivity contribution in [3.05, 3.63) is 65.7 Å². The molecule has 0 bridgehead atoms. The highest BCUT2D eigenvalue weighted by atomic mass is 19.3. The van der Waals surface area contributed by atoms with Crippen LogP contribution in [0, 0.1) is 0 Å². The van der Waals surface area contributed by atoms with Crippen LogP contribution in [0.4, 0.5) is 14.5 Å². The van der Waals surface area contributed by atoms with E-state index in [1.807, 2.05) is 19.2 Å². The lowest BCUT2D eigenvalue weighted by Gasteiger charge is -2.39. The summed E-state index contributed by atoms with van der Waals surface area (Å²) in [5.74, 6) is 0.128. The topological polar surface area (TPSA) is 33.7 Å². The Hall–Kier alpha value is -2.60. The van der Waals surface area contributed by atoms with Crippen LogP contribution in [0.5, 0.6) is 5.75 Å². The van der Waals surface area contributed by atoms with Gasteiger partial charge in [-0.15, -0.1) is 0 Å². The highest BCUT2D eigenvalue weighted by Crippen LogP contribution is 2.54. The van der Waals surface area contributed by atoms with Crippen LogP contribution in [0.2, 0.25) is 0 Å². The van der Waals surface area contributed by atoms with E-state index >= 15 is 0 Å². The SMILES string of the molecule is CN1c2ccccc2C(C)(C)[C@]12C=C(c1ccc(OC(F)F)cc1)NO2. The number of para-hydroxylation sites is 1.